The number of aromatic nitrogens is 1. The molecular weight excluding hydrogens is 232 g/mol. The number of hydrogen-bond donors (Lipinski definition) is 1. The molecule has 0 aromatic carbocycles. The second kappa shape index (κ2) is 5.63. The molecule has 0 bridgehead atoms. The standard InChI is InChI=1S/C13H20N2OS/c1-16-11-6-5-9-14-12(11)15-10-13(17-2)7-3-4-8-13/h5-6,9H,3-4,7-8,10H2,1-2H3,(H,14,15). The molecule has 0 aliphatic heterocycles. The van der Waals surface area contributed by atoms with Crippen molar-refractivity contribution in [1.29, 1.82) is 0 Å². The number of thioether (sulfide) groups is 1. The molecule has 4 heteroatoms. The van der Waals surface area contributed by atoms with Gasteiger partial charge in [-0.05, 0) is 31.2 Å². The Morgan fingerprint density at radius 2 is 2.24 bits per heavy atom. The molecule has 1 aliphatic rings. The van der Waals surface area contributed by atoms with Crippen molar-refractivity contribution in [2.45, 2.75) is 30.4 Å². The predicted molar refractivity (Wildman–Crippen MR) is 74.0 cm³/mol. The molecule has 0 atom stereocenters. The minimum absolute atomic E-state index is 0.391. The zero-order valence-corrected chi connectivity index (χ0v) is 11.3. The van der Waals surface area contributed by atoms with Crippen LogP contribution in [0.2, 0.25) is 0 Å². The maximum Gasteiger partial charge on any atom is 0.168 e. The maximum atomic E-state index is 5.30. The Kier molecular flexibility index (Phi) is 4.15. The molecule has 1 saturated carbocycles. The molecule has 3 nitrogen and oxygen atoms in total. The summed E-state index contributed by atoms with van der Waals surface area (Å²) in [6.07, 6.45) is 9.31. The first-order valence-corrected chi connectivity index (χ1v) is 7.30. The molecule has 1 N–H and O–H groups in total. The molecule has 1 aliphatic carbocycles. The van der Waals surface area contributed by atoms with Crippen LogP contribution in [0.3, 0.4) is 0 Å². The Morgan fingerprint density at radius 1 is 1.47 bits per heavy atom. The third-order valence-corrected chi connectivity index (χ3v) is 4.94. The number of nitrogens with one attached hydrogen (secondary N) is 1. The summed E-state index contributed by atoms with van der Waals surface area (Å²) in [5, 5.41) is 3.44. The average Bonchev–Trinajstić information content (AvgIpc) is 2.86. The molecule has 0 radical (unpaired) electrons. The monoisotopic (exact) mass is 252 g/mol. The molecule has 0 saturated heterocycles. The van der Waals surface area contributed by atoms with E-state index in [1.54, 1.807) is 13.3 Å². The number of ether oxygens (including phenoxy) is 1. The minimum atomic E-state index is 0.391. The van der Waals surface area contributed by atoms with Crippen molar-refractivity contribution in [2.24, 2.45) is 0 Å². The van der Waals surface area contributed by atoms with Crippen molar-refractivity contribution in [1.82, 2.24) is 4.98 Å². The van der Waals surface area contributed by atoms with Gasteiger partial charge in [-0.25, -0.2) is 4.98 Å². The van der Waals surface area contributed by atoms with Crippen LogP contribution in [0, 0.1) is 0 Å². The van der Waals surface area contributed by atoms with Crippen LogP contribution in [-0.4, -0.2) is 29.6 Å². The Bertz CT molecular complexity index is 364. The third-order valence-electron chi connectivity index (χ3n) is 3.52. The fraction of sp³-hybridized carbons (Fsp3) is 0.615. The average molecular weight is 252 g/mol. The van der Waals surface area contributed by atoms with E-state index in [-0.39, 0.29) is 0 Å². The highest BCUT2D eigenvalue weighted by molar-refractivity contribution is 8.00. The number of anilines is 1. The third kappa shape index (κ3) is 2.86. The molecule has 1 fully saturated rings. The van der Waals surface area contributed by atoms with Crippen molar-refractivity contribution in [2.75, 3.05) is 25.2 Å². The lowest BCUT2D eigenvalue weighted by atomic mass is 10.1. The van der Waals surface area contributed by atoms with Gasteiger partial charge in [0.25, 0.3) is 0 Å². The van der Waals surface area contributed by atoms with Crippen LogP contribution in [0.25, 0.3) is 0 Å². The van der Waals surface area contributed by atoms with Crippen LogP contribution in [0.15, 0.2) is 18.3 Å². The van der Waals surface area contributed by atoms with E-state index >= 15 is 0 Å². The molecular formula is C13H20N2OS. The van der Waals surface area contributed by atoms with Crippen LogP contribution in [0.1, 0.15) is 25.7 Å². The molecule has 1 aromatic rings. The lowest BCUT2D eigenvalue weighted by molar-refractivity contribution is 0.414. The highest BCUT2D eigenvalue weighted by atomic mass is 32.2. The fourth-order valence-electron chi connectivity index (χ4n) is 2.41. The van der Waals surface area contributed by atoms with Gasteiger partial charge in [-0.1, -0.05) is 12.8 Å². The first-order valence-electron chi connectivity index (χ1n) is 6.08. The molecule has 94 valence electrons. The highest BCUT2D eigenvalue weighted by Crippen LogP contribution is 2.40. The topological polar surface area (TPSA) is 34.1 Å². The lowest BCUT2D eigenvalue weighted by Crippen LogP contribution is -2.30. The summed E-state index contributed by atoms with van der Waals surface area (Å²) in [6.45, 7) is 0.974. The second-order valence-corrected chi connectivity index (χ2v) is 5.78. The van der Waals surface area contributed by atoms with Crippen LogP contribution in [0.5, 0.6) is 5.75 Å². The molecule has 0 unspecified atom stereocenters. The van der Waals surface area contributed by atoms with Crippen LogP contribution >= 0.6 is 11.8 Å². The summed E-state index contributed by atoms with van der Waals surface area (Å²) < 4.78 is 5.69. The number of rotatable bonds is 5. The Morgan fingerprint density at radius 3 is 2.88 bits per heavy atom. The smallest absolute Gasteiger partial charge is 0.168 e. The van der Waals surface area contributed by atoms with Crippen molar-refractivity contribution < 1.29 is 4.74 Å². The van der Waals surface area contributed by atoms with Gasteiger partial charge in [0.1, 0.15) is 0 Å². The normalized spacial score (nSPS) is 18.0. The summed E-state index contributed by atoms with van der Waals surface area (Å²) in [6, 6.07) is 3.83. The first-order chi connectivity index (χ1) is 8.29. The van der Waals surface area contributed by atoms with Gasteiger partial charge in [-0.3, -0.25) is 0 Å². The Labute approximate surface area is 107 Å². The van der Waals surface area contributed by atoms with E-state index in [2.05, 4.69) is 16.6 Å². The van der Waals surface area contributed by atoms with Gasteiger partial charge in [0.05, 0.1) is 7.11 Å². The SMILES string of the molecule is COc1cccnc1NCC1(SC)CCCC1. The maximum absolute atomic E-state index is 5.30. The van der Waals surface area contributed by atoms with E-state index < -0.39 is 0 Å². The summed E-state index contributed by atoms with van der Waals surface area (Å²) in [7, 11) is 1.68. The largest absolute Gasteiger partial charge is 0.493 e. The summed E-state index contributed by atoms with van der Waals surface area (Å²) in [5.74, 6) is 1.68. The van der Waals surface area contributed by atoms with Gasteiger partial charge in [0.15, 0.2) is 11.6 Å². The number of pyridine rings is 1. The zero-order chi connectivity index (χ0) is 12.1. The van der Waals surface area contributed by atoms with E-state index in [4.69, 9.17) is 4.74 Å². The van der Waals surface area contributed by atoms with Crippen molar-refractivity contribution in [3.05, 3.63) is 18.3 Å². The van der Waals surface area contributed by atoms with Gasteiger partial charge in [-0.15, -0.1) is 0 Å². The van der Waals surface area contributed by atoms with Gasteiger partial charge in [0, 0.05) is 17.5 Å². The molecule has 17 heavy (non-hydrogen) atoms. The van der Waals surface area contributed by atoms with Crippen LogP contribution in [0.4, 0.5) is 5.82 Å². The molecule has 1 aromatic heterocycles. The van der Waals surface area contributed by atoms with Crippen molar-refractivity contribution in [3.63, 3.8) is 0 Å². The molecule has 0 spiro atoms. The lowest BCUT2D eigenvalue weighted by Gasteiger charge is -2.27. The quantitative estimate of drug-likeness (QED) is 0.872. The minimum Gasteiger partial charge on any atom is -0.493 e. The van der Waals surface area contributed by atoms with E-state index in [1.165, 1.54) is 25.7 Å². The summed E-state index contributed by atoms with van der Waals surface area (Å²) in [4.78, 5) is 4.33. The second-order valence-electron chi connectivity index (χ2n) is 4.50. The van der Waals surface area contributed by atoms with E-state index in [9.17, 15) is 0 Å². The summed E-state index contributed by atoms with van der Waals surface area (Å²) in [5.41, 5.74) is 0. The van der Waals surface area contributed by atoms with Crippen molar-refractivity contribution in [3.8, 4) is 5.75 Å². The zero-order valence-electron chi connectivity index (χ0n) is 10.5. The van der Waals surface area contributed by atoms with Gasteiger partial charge < -0.3 is 10.1 Å². The summed E-state index contributed by atoms with van der Waals surface area (Å²) >= 11 is 1.98. The van der Waals surface area contributed by atoms with Crippen LogP contribution < -0.4 is 10.1 Å². The Hall–Kier alpha value is -0.900. The highest BCUT2D eigenvalue weighted by Gasteiger charge is 2.32. The number of hydrogen-bond acceptors (Lipinski definition) is 4. The van der Waals surface area contributed by atoms with Gasteiger partial charge in [0.2, 0.25) is 0 Å². The van der Waals surface area contributed by atoms with E-state index in [0.29, 0.717) is 4.75 Å². The fourth-order valence-corrected chi connectivity index (χ4v) is 3.32. The van der Waals surface area contributed by atoms with E-state index in [0.717, 1.165) is 18.1 Å². The van der Waals surface area contributed by atoms with Gasteiger partial charge in [-0.2, -0.15) is 11.8 Å². The number of methoxy groups -OCH3 is 1. The van der Waals surface area contributed by atoms with Crippen LogP contribution in [-0.2, 0) is 0 Å². The predicted octanol–water partition coefficient (Wildman–Crippen LogP) is 3.18. The molecule has 1 heterocycles. The van der Waals surface area contributed by atoms with Gasteiger partial charge >= 0.3 is 0 Å². The van der Waals surface area contributed by atoms with E-state index in [1.807, 2.05) is 23.9 Å². The molecule has 0 amide bonds. The Balaban J connectivity index is 2.01. The van der Waals surface area contributed by atoms with Crippen molar-refractivity contribution >= 4 is 17.6 Å². The first kappa shape index (κ1) is 12.6. The number of nitrogens with zero attached hydrogens (tertiary/aromatic N) is 1. The molecule has 2 rings (SSSR count).